The molecule has 15 heavy (non-hydrogen) atoms. The molecule has 0 aromatic rings. The van der Waals surface area contributed by atoms with Crippen molar-refractivity contribution in [2.45, 2.75) is 51.6 Å². The minimum atomic E-state index is -0.241. The van der Waals surface area contributed by atoms with E-state index >= 15 is 0 Å². The Morgan fingerprint density at radius 2 is 1.80 bits per heavy atom. The number of carbonyl (C=O) groups is 1. The van der Waals surface area contributed by atoms with Gasteiger partial charge < -0.3 is 16.4 Å². The number of hydrogen-bond donors (Lipinski definition) is 3. The largest absolute Gasteiger partial charge is 0.334 e. The normalized spacial score (nSPS) is 20.6. The zero-order valence-electron chi connectivity index (χ0n) is 10.2. The van der Waals surface area contributed by atoms with Gasteiger partial charge in [0.25, 0.3) is 0 Å². The first-order valence-corrected chi connectivity index (χ1v) is 5.57. The lowest BCUT2D eigenvalue weighted by atomic mass is 9.96. The van der Waals surface area contributed by atoms with Crippen molar-refractivity contribution >= 4 is 6.03 Å². The molecule has 88 valence electrons. The van der Waals surface area contributed by atoms with Gasteiger partial charge in [-0.25, -0.2) is 4.79 Å². The molecule has 4 N–H and O–H groups in total. The van der Waals surface area contributed by atoms with Crippen LogP contribution in [0.25, 0.3) is 0 Å². The molecule has 4 heteroatoms. The Bertz CT molecular complexity index is 243. The second-order valence-corrected chi connectivity index (χ2v) is 5.72. The summed E-state index contributed by atoms with van der Waals surface area (Å²) in [7, 11) is 0. The van der Waals surface area contributed by atoms with E-state index in [4.69, 9.17) is 5.73 Å². The maximum Gasteiger partial charge on any atom is 0.315 e. The molecule has 2 amide bonds. The second kappa shape index (κ2) is 4.00. The molecule has 1 saturated carbocycles. The molecule has 0 saturated heterocycles. The van der Waals surface area contributed by atoms with Gasteiger partial charge in [0.05, 0.1) is 5.54 Å². The van der Waals surface area contributed by atoms with Gasteiger partial charge in [-0.3, -0.25) is 0 Å². The van der Waals surface area contributed by atoms with Crippen molar-refractivity contribution in [2.75, 3.05) is 6.54 Å². The first-order chi connectivity index (χ1) is 6.77. The molecular weight excluding hydrogens is 190 g/mol. The van der Waals surface area contributed by atoms with E-state index in [-0.39, 0.29) is 17.1 Å². The molecule has 1 aliphatic rings. The Hall–Kier alpha value is -0.770. The number of urea groups is 1. The van der Waals surface area contributed by atoms with Crippen LogP contribution in [0.2, 0.25) is 0 Å². The van der Waals surface area contributed by atoms with Crippen molar-refractivity contribution in [1.82, 2.24) is 10.6 Å². The first-order valence-electron chi connectivity index (χ1n) is 5.57. The molecule has 4 nitrogen and oxygen atoms in total. The smallest absolute Gasteiger partial charge is 0.315 e. The summed E-state index contributed by atoms with van der Waals surface area (Å²) in [4.78, 5) is 11.7. The summed E-state index contributed by atoms with van der Waals surface area (Å²) in [6, 6.07) is -0.123. The average Bonchev–Trinajstić information content (AvgIpc) is 2.81. The highest BCUT2D eigenvalue weighted by Crippen LogP contribution is 2.38. The van der Waals surface area contributed by atoms with E-state index in [1.165, 1.54) is 12.8 Å². The Labute approximate surface area is 92.0 Å². The van der Waals surface area contributed by atoms with E-state index in [1.807, 2.05) is 27.7 Å². The third kappa shape index (κ3) is 3.70. The van der Waals surface area contributed by atoms with Gasteiger partial charge in [0.2, 0.25) is 0 Å². The van der Waals surface area contributed by atoms with E-state index in [0.29, 0.717) is 12.5 Å². The second-order valence-electron chi connectivity index (χ2n) is 5.72. The number of rotatable bonds is 3. The summed E-state index contributed by atoms with van der Waals surface area (Å²) < 4.78 is 0. The van der Waals surface area contributed by atoms with E-state index in [9.17, 15) is 4.79 Å². The monoisotopic (exact) mass is 213 g/mol. The van der Waals surface area contributed by atoms with Crippen LogP contribution in [0.4, 0.5) is 4.79 Å². The molecule has 1 atom stereocenters. The molecule has 0 aliphatic heterocycles. The van der Waals surface area contributed by atoms with Gasteiger partial charge in [-0.15, -0.1) is 0 Å². The van der Waals surface area contributed by atoms with Crippen molar-refractivity contribution in [3.05, 3.63) is 0 Å². The van der Waals surface area contributed by atoms with Crippen LogP contribution in [-0.4, -0.2) is 23.7 Å². The number of amides is 2. The van der Waals surface area contributed by atoms with Crippen LogP contribution in [0.1, 0.15) is 40.5 Å². The molecule has 1 rings (SSSR count). The van der Waals surface area contributed by atoms with E-state index in [0.717, 1.165) is 0 Å². The van der Waals surface area contributed by atoms with Crippen molar-refractivity contribution in [3.63, 3.8) is 0 Å². The quantitative estimate of drug-likeness (QED) is 0.659. The van der Waals surface area contributed by atoms with Crippen molar-refractivity contribution in [1.29, 1.82) is 0 Å². The highest BCUT2D eigenvalue weighted by atomic mass is 16.2. The fourth-order valence-electron chi connectivity index (χ4n) is 1.67. The Morgan fingerprint density at radius 3 is 2.13 bits per heavy atom. The Kier molecular flexibility index (Phi) is 3.28. The zero-order chi connectivity index (χ0) is 11.7. The van der Waals surface area contributed by atoms with Gasteiger partial charge in [0.15, 0.2) is 0 Å². The first kappa shape index (κ1) is 12.3. The number of nitrogens with one attached hydrogen (secondary N) is 2. The summed E-state index contributed by atoms with van der Waals surface area (Å²) in [5.74, 6) is 0.549. The average molecular weight is 213 g/mol. The van der Waals surface area contributed by atoms with Gasteiger partial charge in [-0.1, -0.05) is 0 Å². The van der Waals surface area contributed by atoms with Crippen LogP contribution in [0.3, 0.4) is 0 Å². The van der Waals surface area contributed by atoms with Gasteiger partial charge in [-0.2, -0.15) is 0 Å². The lowest BCUT2D eigenvalue weighted by molar-refractivity contribution is 0.214. The summed E-state index contributed by atoms with van der Waals surface area (Å²) in [5.41, 5.74) is 5.27. The van der Waals surface area contributed by atoms with E-state index in [2.05, 4.69) is 10.6 Å². The van der Waals surface area contributed by atoms with Crippen LogP contribution >= 0.6 is 0 Å². The molecule has 1 unspecified atom stereocenters. The summed E-state index contributed by atoms with van der Waals surface area (Å²) in [6.07, 6.45) is 2.34. The van der Waals surface area contributed by atoms with Gasteiger partial charge in [0.1, 0.15) is 0 Å². The van der Waals surface area contributed by atoms with Crippen LogP contribution in [-0.2, 0) is 0 Å². The molecule has 0 spiro atoms. The Morgan fingerprint density at radius 1 is 1.27 bits per heavy atom. The maximum absolute atomic E-state index is 11.7. The molecule has 1 aliphatic carbocycles. The Balaban J connectivity index is 2.48. The van der Waals surface area contributed by atoms with Crippen molar-refractivity contribution in [2.24, 2.45) is 11.7 Å². The van der Waals surface area contributed by atoms with Crippen LogP contribution in [0.5, 0.6) is 0 Å². The fourth-order valence-corrected chi connectivity index (χ4v) is 1.67. The fraction of sp³-hybridized carbons (Fsp3) is 0.909. The lowest BCUT2D eigenvalue weighted by Gasteiger charge is -2.31. The topological polar surface area (TPSA) is 67.2 Å². The molecule has 0 radical (unpaired) electrons. The predicted molar refractivity (Wildman–Crippen MR) is 61.6 cm³/mol. The summed E-state index contributed by atoms with van der Waals surface area (Å²) >= 11 is 0. The molecule has 0 heterocycles. The van der Waals surface area contributed by atoms with Crippen LogP contribution in [0, 0.1) is 5.92 Å². The highest BCUT2D eigenvalue weighted by molar-refractivity contribution is 5.75. The molecule has 1 fully saturated rings. The summed E-state index contributed by atoms with van der Waals surface area (Å²) in [5, 5.41) is 5.87. The van der Waals surface area contributed by atoms with Gasteiger partial charge in [-0.05, 0) is 46.5 Å². The third-order valence-corrected chi connectivity index (χ3v) is 2.79. The van der Waals surface area contributed by atoms with Gasteiger partial charge in [0, 0.05) is 12.1 Å². The van der Waals surface area contributed by atoms with Crippen LogP contribution < -0.4 is 16.4 Å². The number of hydrogen-bond acceptors (Lipinski definition) is 2. The maximum atomic E-state index is 11.7. The zero-order valence-corrected chi connectivity index (χ0v) is 10.2. The molecule has 0 bridgehead atoms. The standard InChI is InChI=1S/C11H23N3O/c1-10(2,3)13-9(15)14-11(4,7-12)8-5-6-8/h8H,5-7,12H2,1-4H3,(H2,13,14,15). The number of nitrogens with two attached hydrogens (primary N) is 1. The van der Waals surface area contributed by atoms with Crippen molar-refractivity contribution in [3.8, 4) is 0 Å². The predicted octanol–water partition coefficient (Wildman–Crippen LogP) is 1.21. The van der Waals surface area contributed by atoms with Crippen molar-refractivity contribution < 1.29 is 4.79 Å². The number of carbonyl (C=O) groups excluding carboxylic acids is 1. The van der Waals surface area contributed by atoms with E-state index < -0.39 is 0 Å². The van der Waals surface area contributed by atoms with E-state index in [1.54, 1.807) is 0 Å². The third-order valence-electron chi connectivity index (χ3n) is 2.79. The minimum Gasteiger partial charge on any atom is -0.334 e. The van der Waals surface area contributed by atoms with Crippen LogP contribution in [0.15, 0.2) is 0 Å². The molecular formula is C11H23N3O. The highest BCUT2D eigenvalue weighted by Gasteiger charge is 2.41. The minimum absolute atomic E-state index is 0.123. The van der Waals surface area contributed by atoms with Gasteiger partial charge >= 0.3 is 6.03 Å². The molecule has 0 aromatic heterocycles. The molecule has 0 aromatic carbocycles. The lowest BCUT2D eigenvalue weighted by Crippen LogP contribution is -2.58. The summed E-state index contributed by atoms with van der Waals surface area (Å²) in [6.45, 7) is 8.40. The SMILES string of the molecule is CC(C)(C)NC(=O)NC(C)(CN)C1CC1.